The molecule has 2 aromatic rings. The number of aromatic nitrogens is 3. The highest BCUT2D eigenvalue weighted by molar-refractivity contribution is 7.91. The van der Waals surface area contributed by atoms with Crippen molar-refractivity contribution in [1.82, 2.24) is 20.1 Å². The lowest BCUT2D eigenvalue weighted by Gasteiger charge is -2.24. The Morgan fingerprint density at radius 3 is 2.71 bits per heavy atom. The largest absolute Gasteiger partial charge is 0.346 e. The molecule has 1 amide bonds. The van der Waals surface area contributed by atoms with E-state index in [-0.39, 0.29) is 23.5 Å². The summed E-state index contributed by atoms with van der Waals surface area (Å²) in [6, 6.07) is 1.95. The van der Waals surface area contributed by atoms with E-state index in [0.29, 0.717) is 17.7 Å². The van der Waals surface area contributed by atoms with Gasteiger partial charge < -0.3 is 5.32 Å². The van der Waals surface area contributed by atoms with E-state index in [2.05, 4.69) is 15.4 Å². The maximum atomic E-state index is 12.6. The molecule has 0 saturated carbocycles. The van der Waals surface area contributed by atoms with E-state index >= 15 is 0 Å². The number of amides is 1. The van der Waals surface area contributed by atoms with E-state index in [1.165, 1.54) is 0 Å². The molecule has 130 valence electrons. The molecule has 1 fully saturated rings. The molecule has 1 aliphatic heterocycles. The second-order valence-corrected chi connectivity index (χ2v) is 9.26. The third-order valence-electron chi connectivity index (χ3n) is 4.41. The van der Waals surface area contributed by atoms with Gasteiger partial charge in [0.1, 0.15) is 0 Å². The number of hydrogen-bond donors (Lipinski definition) is 1. The fourth-order valence-electron chi connectivity index (χ4n) is 3.12. The number of fused-ring (bicyclic) bond motifs is 1. The van der Waals surface area contributed by atoms with Gasteiger partial charge in [0, 0.05) is 11.4 Å². The van der Waals surface area contributed by atoms with Crippen LogP contribution < -0.4 is 5.32 Å². The molecule has 1 aliphatic rings. The van der Waals surface area contributed by atoms with Crippen LogP contribution in [0, 0.1) is 6.92 Å². The Kier molecular flexibility index (Phi) is 3.90. The average molecular weight is 350 g/mol. The van der Waals surface area contributed by atoms with Crippen molar-refractivity contribution in [3.05, 3.63) is 23.5 Å². The van der Waals surface area contributed by atoms with Crippen LogP contribution >= 0.6 is 0 Å². The van der Waals surface area contributed by atoms with Crippen LogP contribution in [-0.2, 0) is 9.84 Å². The summed E-state index contributed by atoms with van der Waals surface area (Å²) < 4.78 is 25.2. The monoisotopic (exact) mass is 350 g/mol. The lowest BCUT2D eigenvalue weighted by Crippen LogP contribution is -2.47. The van der Waals surface area contributed by atoms with Gasteiger partial charge in [0.25, 0.3) is 5.91 Å². The van der Waals surface area contributed by atoms with Crippen LogP contribution in [0.3, 0.4) is 0 Å². The molecule has 0 radical (unpaired) electrons. The molecule has 3 rings (SSSR count). The molecule has 0 aromatic carbocycles. The van der Waals surface area contributed by atoms with Crippen molar-refractivity contribution in [3.63, 3.8) is 0 Å². The Morgan fingerprint density at radius 2 is 2.12 bits per heavy atom. The van der Waals surface area contributed by atoms with Crippen molar-refractivity contribution in [2.75, 3.05) is 11.5 Å². The maximum absolute atomic E-state index is 12.6. The summed E-state index contributed by atoms with van der Waals surface area (Å²) in [7, 11) is -3.08. The quantitative estimate of drug-likeness (QED) is 0.908. The average Bonchev–Trinajstić information content (AvgIpc) is 2.98. The van der Waals surface area contributed by atoms with Crippen LogP contribution in [0.15, 0.2) is 12.3 Å². The van der Waals surface area contributed by atoms with Gasteiger partial charge in [0.15, 0.2) is 15.5 Å². The standard InChI is InChI=1S/C16H22N4O3S/c1-10(2)20-14-12(8-17-20)7-13(11(3)18-14)15(21)19-16(4)5-6-24(22,23)9-16/h7-8,10H,5-6,9H2,1-4H3,(H,19,21). The van der Waals surface area contributed by atoms with Gasteiger partial charge in [0.05, 0.1) is 34.5 Å². The molecule has 0 bridgehead atoms. The third-order valence-corrected chi connectivity index (χ3v) is 6.32. The number of sulfone groups is 1. The van der Waals surface area contributed by atoms with Crippen LogP contribution in [0.4, 0.5) is 0 Å². The highest BCUT2D eigenvalue weighted by Crippen LogP contribution is 2.24. The van der Waals surface area contributed by atoms with Gasteiger partial charge in [0.2, 0.25) is 0 Å². The van der Waals surface area contributed by atoms with E-state index in [0.717, 1.165) is 11.0 Å². The van der Waals surface area contributed by atoms with Crippen molar-refractivity contribution < 1.29 is 13.2 Å². The molecular formula is C16H22N4O3S. The van der Waals surface area contributed by atoms with E-state index < -0.39 is 15.4 Å². The molecule has 1 atom stereocenters. The number of carbonyl (C=O) groups is 1. The fourth-order valence-corrected chi connectivity index (χ4v) is 5.22. The Morgan fingerprint density at radius 1 is 1.42 bits per heavy atom. The molecule has 2 aromatic heterocycles. The first-order valence-corrected chi connectivity index (χ1v) is 9.80. The van der Waals surface area contributed by atoms with Gasteiger partial charge in [-0.2, -0.15) is 5.10 Å². The van der Waals surface area contributed by atoms with E-state index in [4.69, 9.17) is 0 Å². The number of aryl methyl sites for hydroxylation is 1. The minimum Gasteiger partial charge on any atom is -0.346 e. The van der Waals surface area contributed by atoms with Gasteiger partial charge in [-0.25, -0.2) is 18.1 Å². The van der Waals surface area contributed by atoms with Crippen molar-refractivity contribution >= 4 is 26.8 Å². The Balaban J connectivity index is 1.92. The van der Waals surface area contributed by atoms with Crippen molar-refractivity contribution in [3.8, 4) is 0 Å². The van der Waals surface area contributed by atoms with E-state index in [9.17, 15) is 13.2 Å². The van der Waals surface area contributed by atoms with Crippen molar-refractivity contribution in [1.29, 1.82) is 0 Å². The second-order valence-electron chi connectivity index (χ2n) is 7.07. The molecule has 1 unspecified atom stereocenters. The smallest absolute Gasteiger partial charge is 0.253 e. The number of nitrogens with one attached hydrogen (secondary N) is 1. The summed E-state index contributed by atoms with van der Waals surface area (Å²) in [4.78, 5) is 17.2. The number of pyridine rings is 1. The predicted molar refractivity (Wildman–Crippen MR) is 91.8 cm³/mol. The Bertz CT molecular complexity index is 917. The minimum atomic E-state index is -3.08. The Hall–Kier alpha value is -1.96. The highest BCUT2D eigenvalue weighted by Gasteiger charge is 2.39. The Labute approximate surface area is 141 Å². The zero-order valence-electron chi connectivity index (χ0n) is 14.3. The lowest BCUT2D eigenvalue weighted by molar-refractivity contribution is 0.0914. The zero-order valence-corrected chi connectivity index (χ0v) is 15.1. The fraction of sp³-hybridized carbons (Fsp3) is 0.562. The molecule has 0 aliphatic carbocycles. The summed E-state index contributed by atoms with van der Waals surface area (Å²) in [6.45, 7) is 7.59. The van der Waals surface area contributed by atoms with E-state index in [1.807, 2.05) is 18.5 Å². The highest BCUT2D eigenvalue weighted by atomic mass is 32.2. The number of carbonyl (C=O) groups excluding carboxylic acids is 1. The molecule has 8 heteroatoms. The molecule has 7 nitrogen and oxygen atoms in total. The van der Waals surface area contributed by atoms with Gasteiger partial charge in [-0.05, 0) is 40.2 Å². The summed E-state index contributed by atoms with van der Waals surface area (Å²) in [5.41, 5.74) is 1.08. The van der Waals surface area contributed by atoms with Gasteiger partial charge in [-0.3, -0.25) is 4.79 Å². The number of rotatable bonds is 3. The van der Waals surface area contributed by atoms with Crippen LogP contribution in [0.2, 0.25) is 0 Å². The topological polar surface area (TPSA) is 93.9 Å². The first kappa shape index (κ1) is 16.9. The number of nitrogens with zero attached hydrogens (tertiary/aromatic N) is 3. The first-order chi connectivity index (χ1) is 11.1. The zero-order chi connectivity index (χ0) is 17.7. The molecular weight excluding hydrogens is 328 g/mol. The van der Waals surface area contributed by atoms with Crippen molar-refractivity contribution in [2.45, 2.75) is 45.7 Å². The molecule has 3 heterocycles. The summed E-state index contributed by atoms with van der Waals surface area (Å²) in [5, 5.41) is 7.99. The minimum absolute atomic E-state index is 0.0221. The SMILES string of the molecule is Cc1nc2c(cnn2C(C)C)cc1C(=O)NC1(C)CCS(=O)(=O)C1. The van der Waals surface area contributed by atoms with Crippen LogP contribution in [0.5, 0.6) is 0 Å². The van der Waals surface area contributed by atoms with Crippen LogP contribution in [-0.4, -0.2) is 46.1 Å². The van der Waals surface area contributed by atoms with Crippen molar-refractivity contribution in [2.24, 2.45) is 0 Å². The molecule has 1 saturated heterocycles. The molecule has 24 heavy (non-hydrogen) atoms. The second kappa shape index (κ2) is 5.54. The predicted octanol–water partition coefficient (Wildman–Crippen LogP) is 1.63. The van der Waals surface area contributed by atoms with Gasteiger partial charge in [-0.1, -0.05) is 0 Å². The van der Waals surface area contributed by atoms with Gasteiger partial charge in [-0.15, -0.1) is 0 Å². The van der Waals surface area contributed by atoms with Crippen LogP contribution in [0.25, 0.3) is 11.0 Å². The summed E-state index contributed by atoms with van der Waals surface area (Å²) >= 11 is 0. The third kappa shape index (κ3) is 3.02. The summed E-state index contributed by atoms with van der Waals surface area (Å²) in [5.74, 6) is -0.203. The van der Waals surface area contributed by atoms with Crippen LogP contribution in [0.1, 0.15) is 49.3 Å². The van der Waals surface area contributed by atoms with E-state index in [1.54, 1.807) is 26.1 Å². The number of hydrogen-bond acceptors (Lipinski definition) is 5. The van der Waals surface area contributed by atoms with Gasteiger partial charge >= 0.3 is 0 Å². The molecule has 0 spiro atoms. The lowest BCUT2D eigenvalue weighted by atomic mass is 10.0. The normalized spacial score (nSPS) is 23.0. The first-order valence-electron chi connectivity index (χ1n) is 7.98. The maximum Gasteiger partial charge on any atom is 0.253 e. The summed E-state index contributed by atoms with van der Waals surface area (Å²) in [6.07, 6.45) is 2.13. The molecule has 1 N–H and O–H groups in total.